The second kappa shape index (κ2) is 9.38. The second-order valence-corrected chi connectivity index (χ2v) is 7.51. The van der Waals surface area contributed by atoms with Crippen LogP contribution in [0.1, 0.15) is 43.7 Å². The van der Waals surface area contributed by atoms with Crippen LogP contribution in [0.15, 0.2) is 47.4 Å². The van der Waals surface area contributed by atoms with E-state index in [0.717, 1.165) is 51.3 Å². The standard InChI is InChI=1S/C21H28N4O.ClH/c26-21-20(24-13-5-2-6-14-24)9-12-22-25(21)19-10-15-23(16-11-19)17-18-7-3-1-4-8-18;/h1,3-4,7-9,12,19H,2,5-6,10-11,13-17H2;1H. The van der Waals surface area contributed by atoms with E-state index < -0.39 is 0 Å². The lowest BCUT2D eigenvalue weighted by molar-refractivity contribution is 0.170. The summed E-state index contributed by atoms with van der Waals surface area (Å²) >= 11 is 0. The molecule has 27 heavy (non-hydrogen) atoms. The van der Waals surface area contributed by atoms with Crippen molar-refractivity contribution in [2.75, 3.05) is 31.1 Å². The first-order valence-electron chi connectivity index (χ1n) is 9.90. The van der Waals surface area contributed by atoms with Crippen LogP contribution in [0.25, 0.3) is 0 Å². The van der Waals surface area contributed by atoms with E-state index >= 15 is 0 Å². The van der Waals surface area contributed by atoms with Crippen molar-refractivity contribution in [2.24, 2.45) is 0 Å². The molecule has 146 valence electrons. The van der Waals surface area contributed by atoms with Gasteiger partial charge >= 0.3 is 0 Å². The second-order valence-electron chi connectivity index (χ2n) is 7.51. The first-order chi connectivity index (χ1) is 12.8. The third-order valence-electron chi connectivity index (χ3n) is 5.70. The number of rotatable bonds is 4. The van der Waals surface area contributed by atoms with E-state index in [1.165, 1.54) is 24.8 Å². The first-order valence-corrected chi connectivity index (χ1v) is 9.90. The van der Waals surface area contributed by atoms with Gasteiger partial charge in [0.1, 0.15) is 5.69 Å². The highest BCUT2D eigenvalue weighted by molar-refractivity contribution is 5.85. The number of piperidine rings is 2. The minimum absolute atomic E-state index is 0. The van der Waals surface area contributed by atoms with Crippen LogP contribution in [0.2, 0.25) is 0 Å². The van der Waals surface area contributed by atoms with Crippen LogP contribution in [0.3, 0.4) is 0 Å². The van der Waals surface area contributed by atoms with Crippen molar-refractivity contribution in [3.8, 4) is 0 Å². The highest BCUT2D eigenvalue weighted by Crippen LogP contribution is 2.23. The Hall–Kier alpha value is -1.85. The Kier molecular flexibility index (Phi) is 6.91. The van der Waals surface area contributed by atoms with E-state index in [-0.39, 0.29) is 24.0 Å². The highest BCUT2D eigenvalue weighted by Gasteiger charge is 2.24. The van der Waals surface area contributed by atoms with Gasteiger partial charge in [0.15, 0.2) is 0 Å². The molecule has 0 bridgehead atoms. The fourth-order valence-corrected chi connectivity index (χ4v) is 4.22. The number of aromatic nitrogens is 2. The van der Waals surface area contributed by atoms with Crippen molar-refractivity contribution in [3.63, 3.8) is 0 Å². The van der Waals surface area contributed by atoms with Gasteiger partial charge in [-0.05, 0) is 43.7 Å². The lowest BCUT2D eigenvalue weighted by Gasteiger charge is -2.33. The minimum atomic E-state index is 0. The van der Waals surface area contributed by atoms with E-state index in [9.17, 15) is 4.79 Å². The SMILES string of the molecule is Cl.O=c1c(N2CCCCC2)ccnn1C1CCN(Cc2ccccc2)CC1. The van der Waals surface area contributed by atoms with Crippen LogP contribution in [-0.4, -0.2) is 40.9 Å². The van der Waals surface area contributed by atoms with Crippen molar-refractivity contribution in [1.29, 1.82) is 0 Å². The van der Waals surface area contributed by atoms with Crippen molar-refractivity contribution in [3.05, 3.63) is 58.5 Å². The summed E-state index contributed by atoms with van der Waals surface area (Å²) in [6.45, 7) is 5.01. The molecule has 2 aliphatic heterocycles. The Morgan fingerprint density at radius 1 is 0.926 bits per heavy atom. The maximum atomic E-state index is 13.0. The molecule has 2 fully saturated rings. The first kappa shape index (κ1) is 19.9. The summed E-state index contributed by atoms with van der Waals surface area (Å²) in [5.74, 6) is 0. The highest BCUT2D eigenvalue weighted by atomic mass is 35.5. The van der Waals surface area contributed by atoms with Crippen LogP contribution in [-0.2, 0) is 6.54 Å². The average molecular weight is 389 g/mol. The monoisotopic (exact) mass is 388 g/mol. The van der Waals surface area contributed by atoms with Gasteiger partial charge in [0.05, 0.1) is 6.04 Å². The van der Waals surface area contributed by atoms with Gasteiger partial charge in [-0.15, -0.1) is 12.4 Å². The number of benzene rings is 1. The molecule has 2 aromatic rings. The van der Waals surface area contributed by atoms with Gasteiger partial charge in [0.2, 0.25) is 0 Å². The van der Waals surface area contributed by atoms with Crippen molar-refractivity contribution < 1.29 is 0 Å². The van der Waals surface area contributed by atoms with Gasteiger partial charge in [-0.25, -0.2) is 4.68 Å². The molecule has 0 spiro atoms. The number of nitrogens with zero attached hydrogens (tertiary/aromatic N) is 4. The molecule has 4 rings (SSSR count). The molecule has 1 aromatic carbocycles. The predicted molar refractivity (Wildman–Crippen MR) is 112 cm³/mol. The van der Waals surface area contributed by atoms with Crippen LogP contribution >= 0.6 is 12.4 Å². The van der Waals surface area contributed by atoms with Crippen LogP contribution in [0, 0.1) is 0 Å². The number of hydrogen-bond acceptors (Lipinski definition) is 4. The molecular weight excluding hydrogens is 360 g/mol. The number of halogens is 1. The average Bonchev–Trinajstić information content (AvgIpc) is 2.70. The molecule has 0 amide bonds. The molecule has 0 saturated carbocycles. The zero-order chi connectivity index (χ0) is 17.8. The molecule has 0 N–H and O–H groups in total. The fraction of sp³-hybridized carbons (Fsp3) is 0.524. The van der Waals surface area contributed by atoms with Gasteiger partial charge in [0, 0.05) is 38.9 Å². The maximum absolute atomic E-state index is 13.0. The summed E-state index contributed by atoms with van der Waals surface area (Å²) in [5, 5.41) is 4.43. The Morgan fingerprint density at radius 3 is 2.33 bits per heavy atom. The summed E-state index contributed by atoms with van der Waals surface area (Å²) in [6, 6.07) is 12.7. The summed E-state index contributed by atoms with van der Waals surface area (Å²) in [5.41, 5.74) is 2.29. The normalized spacial score (nSPS) is 18.9. The Labute approximate surface area is 167 Å². The van der Waals surface area contributed by atoms with Crippen LogP contribution < -0.4 is 10.5 Å². The molecule has 0 unspecified atom stereocenters. The quantitative estimate of drug-likeness (QED) is 0.803. The smallest absolute Gasteiger partial charge is 0.290 e. The van der Waals surface area contributed by atoms with E-state index in [1.807, 2.05) is 12.3 Å². The third-order valence-corrected chi connectivity index (χ3v) is 5.70. The lowest BCUT2D eigenvalue weighted by atomic mass is 10.0. The van der Waals surface area contributed by atoms with Gasteiger partial charge in [-0.2, -0.15) is 5.10 Å². The maximum Gasteiger partial charge on any atom is 0.290 e. The molecule has 6 heteroatoms. The van der Waals surface area contributed by atoms with Crippen molar-refractivity contribution in [2.45, 2.75) is 44.7 Å². The molecule has 3 heterocycles. The molecule has 0 radical (unpaired) electrons. The summed E-state index contributed by atoms with van der Waals surface area (Å²) in [6.07, 6.45) is 7.42. The topological polar surface area (TPSA) is 41.4 Å². The minimum Gasteiger partial charge on any atom is -0.367 e. The largest absolute Gasteiger partial charge is 0.367 e. The zero-order valence-corrected chi connectivity index (χ0v) is 16.6. The van der Waals surface area contributed by atoms with E-state index in [4.69, 9.17) is 0 Å². The predicted octanol–water partition coefficient (Wildman–Crippen LogP) is 3.49. The third kappa shape index (κ3) is 4.71. The molecule has 5 nitrogen and oxygen atoms in total. The van der Waals surface area contributed by atoms with Crippen LogP contribution in [0.5, 0.6) is 0 Å². The Morgan fingerprint density at radius 2 is 1.63 bits per heavy atom. The number of likely N-dealkylation sites (tertiary alicyclic amines) is 1. The summed E-state index contributed by atoms with van der Waals surface area (Å²) < 4.78 is 1.75. The lowest BCUT2D eigenvalue weighted by Crippen LogP contribution is -2.41. The van der Waals surface area contributed by atoms with Gasteiger partial charge in [-0.3, -0.25) is 9.69 Å². The van der Waals surface area contributed by atoms with Gasteiger partial charge in [0.25, 0.3) is 5.56 Å². The molecule has 1 aromatic heterocycles. The molecular formula is C21H29ClN4O. The van der Waals surface area contributed by atoms with Crippen LogP contribution in [0.4, 0.5) is 5.69 Å². The summed E-state index contributed by atoms with van der Waals surface area (Å²) in [4.78, 5) is 17.7. The van der Waals surface area contributed by atoms with Gasteiger partial charge < -0.3 is 4.90 Å². The van der Waals surface area contributed by atoms with E-state index in [2.05, 4.69) is 45.2 Å². The Bertz CT molecular complexity index is 765. The zero-order valence-electron chi connectivity index (χ0n) is 15.8. The molecule has 2 aliphatic rings. The molecule has 2 saturated heterocycles. The Balaban J connectivity index is 0.00000210. The summed E-state index contributed by atoms with van der Waals surface area (Å²) in [7, 11) is 0. The molecule has 0 atom stereocenters. The number of hydrogen-bond donors (Lipinski definition) is 0. The fourth-order valence-electron chi connectivity index (χ4n) is 4.22. The van der Waals surface area contributed by atoms with E-state index in [0.29, 0.717) is 0 Å². The molecule has 0 aliphatic carbocycles. The van der Waals surface area contributed by atoms with E-state index in [1.54, 1.807) is 4.68 Å². The van der Waals surface area contributed by atoms with Crippen molar-refractivity contribution >= 4 is 18.1 Å². The number of anilines is 1. The van der Waals surface area contributed by atoms with Gasteiger partial charge in [-0.1, -0.05) is 30.3 Å². The van der Waals surface area contributed by atoms with Crippen molar-refractivity contribution in [1.82, 2.24) is 14.7 Å².